The lowest BCUT2D eigenvalue weighted by Crippen LogP contribution is -2.49. The summed E-state index contributed by atoms with van der Waals surface area (Å²) in [7, 11) is 0. The van der Waals surface area contributed by atoms with Crippen LogP contribution in [0.25, 0.3) is 22.5 Å². The fraction of sp³-hybridized carbons (Fsp3) is 0.333. The number of amides is 2. The number of hydrogen-bond donors (Lipinski definition) is 1. The number of piperidine rings is 1. The molecule has 0 aliphatic carbocycles. The summed E-state index contributed by atoms with van der Waals surface area (Å²) >= 11 is 0. The van der Waals surface area contributed by atoms with E-state index in [1.165, 1.54) is 6.07 Å². The number of aryl methyl sites for hydroxylation is 1. The van der Waals surface area contributed by atoms with Crippen molar-refractivity contribution in [3.05, 3.63) is 92.2 Å². The first-order valence-corrected chi connectivity index (χ1v) is 13.2. The SMILES string of the molecule is Cc1cc(=O)c2oc(-c3ccccc3)c(CC(=O)NCCC(=O)N3CC4CC(C3)c3cccc(=O)n3C4)c2o1. The summed E-state index contributed by atoms with van der Waals surface area (Å²) in [6.07, 6.45) is 1.10. The number of fused-ring (bicyclic) bond motifs is 5. The van der Waals surface area contributed by atoms with Crippen LogP contribution >= 0.6 is 0 Å². The van der Waals surface area contributed by atoms with Crippen LogP contribution in [0.5, 0.6) is 0 Å². The molecule has 2 atom stereocenters. The topological polar surface area (TPSA) is 115 Å². The molecule has 1 aromatic carbocycles. The molecule has 2 amide bonds. The van der Waals surface area contributed by atoms with Crippen molar-refractivity contribution in [2.45, 2.75) is 38.6 Å². The third-order valence-electron chi connectivity index (χ3n) is 7.65. The van der Waals surface area contributed by atoms with Crippen LogP contribution in [0.1, 0.15) is 35.8 Å². The average Bonchev–Trinajstić information content (AvgIpc) is 3.28. The van der Waals surface area contributed by atoms with Crippen LogP contribution in [-0.4, -0.2) is 40.9 Å². The van der Waals surface area contributed by atoms with Crippen LogP contribution in [0.3, 0.4) is 0 Å². The van der Waals surface area contributed by atoms with E-state index in [9.17, 15) is 19.2 Å². The third-order valence-corrected chi connectivity index (χ3v) is 7.65. The number of carbonyl (C=O) groups excluding carboxylic acids is 2. The Morgan fingerprint density at radius 2 is 1.79 bits per heavy atom. The quantitative estimate of drug-likeness (QED) is 0.412. The van der Waals surface area contributed by atoms with E-state index in [2.05, 4.69) is 5.32 Å². The summed E-state index contributed by atoms with van der Waals surface area (Å²) in [6, 6.07) is 16.0. The van der Waals surface area contributed by atoms with E-state index in [1.807, 2.05) is 45.9 Å². The number of likely N-dealkylation sites (tertiary alicyclic amines) is 1. The summed E-state index contributed by atoms with van der Waals surface area (Å²) in [4.78, 5) is 52.6. The van der Waals surface area contributed by atoms with Crippen molar-refractivity contribution < 1.29 is 18.4 Å². The van der Waals surface area contributed by atoms with Crippen molar-refractivity contribution in [2.75, 3.05) is 19.6 Å². The monoisotopic (exact) mass is 527 g/mol. The first-order valence-electron chi connectivity index (χ1n) is 13.2. The number of furan rings is 1. The highest BCUT2D eigenvalue weighted by Gasteiger charge is 2.36. The molecule has 6 rings (SSSR count). The van der Waals surface area contributed by atoms with Crippen LogP contribution in [0.15, 0.2) is 73.0 Å². The van der Waals surface area contributed by atoms with Crippen molar-refractivity contribution in [3.63, 3.8) is 0 Å². The van der Waals surface area contributed by atoms with Gasteiger partial charge in [-0.15, -0.1) is 0 Å². The highest BCUT2D eigenvalue weighted by molar-refractivity contribution is 5.90. The molecule has 4 aromatic rings. The lowest BCUT2D eigenvalue weighted by molar-refractivity contribution is -0.133. The zero-order valence-corrected chi connectivity index (χ0v) is 21.6. The average molecular weight is 528 g/mol. The number of nitrogens with one attached hydrogen (secondary N) is 1. The van der Waals surface area contributed by atoms with Gasteiger partial charge < -0.3 is 23.6 Å². The van der Waals surface area contributed by atoms with E-state index in [4.69, 9.17) is 8.83 Å². The molecule has 5 heterocycles. The second-order valence-corrected chi connectivity index (χ2v) is 10.4. The predicted molar refractivity (Wildman–Crippen MR) is 144 cm³/mol. The summed E-state index contributed by atoms with van der Waals surface area (Å²) in [5.41, 5.74) is 2.29. The molecular formula is C30H29N3O6. The maximum Gasteiger partial charge on any atom is 0.250 e. The minimum atomic E-state index is -0.304. The molecule has 2 unspecified atom stereocenters. The molecule has 39 heavy (non-hydrogen) atoms. The molecule has 2 bridgehead atoms. The molecule has 9 nitrogen and oxygen atoms in total. The Bertz CT molecular complexity index is 1680. The highest BCUT2D eigenvalue weighted by atomic mass is 16.4. The standard InChI is InChI=1S/C30H29N3O6/c1-18-12-24(34)30-29(38-18)22(28(39-30)20-6-3-2-4-7-20)14-25(35)31-11-10-26(36)32-15-19-13-21(17-32)23-8-5-9-27(37)33(23)16-19/h2-9,12,19,21H,10-11,13-17H2,1H3,(H,31,35). The van der Waals surface area contributed by atoms with Crippen LogP contribution in [0.4, 0.5) is 0 Å². The molecule has 2 aliphatic rings. The minimum Gasteiger partial charge on any atom is -0.457 e. The second-order valence-electron chi connectivity index (χ2n) is 10.4. The number of aromatic nitrogens is 1. The number of nitrogens with zero attached hydrogens (tertiary/aromatic N) is 2. The van der Waals surface area contributed by atoms with Crippen molar-refractivity contribution in [1.82, 2.24) is 14.8 Å². The molecule has 1 fully saturated rings. The molecule has 9 heteroatoms. The normalized spacial score (nSPS) is 18.1. The Hall–Kier alpha value is -4.40. The number of benzene rings is 1. The van der Waals surface area contributed by atoms with Gasteiger partial charge in [0.15, 0.2) is 5.58 Å². The fourth-order valence-electron chi connectivity index (χ4n) is 5.93. The Balaban J connectivity index is 1.12. The van der Waals surface area contributed by atoms with E-state index in [0.717, 1.165) is 17.7 Å². The molecule has 2 aliphatic heterocycles. The Morgan fingerprint density at radius 3 is 2.62 bits per heavy atom. The highest BCUT2D eigenvalue weighted by Crippen LogP contribution is 2.35. The maximum absolute atomic E-state index is 13.0. The zero-order chi connectivity index (χ0) is 27.1. The number of carbonyl (C=O) groups is 2. The minimum absolute atomic E-state index is 0.0138. The summed E-state index contributed by atoms with van der Waals surface area (Å²) in [6.45, 7) is 3.69. The molecule has 200 valence electrons. The van der Waals surface area contributed by atoms with Gasteiger partial charge in [-0.05, 0) is 25.3 Å². The molecule has 0 spiro atoms. The van der Waals surface area contributed by atoms with Crippen LogP contribution in [0, 0.1) is 12.8 Å². The van der Waals surface area contributed by atoms with E-state index in [-0.39, 0.29) is 65.2 Å². The van der Waals surface area contributed by atoms with Gasteiger partial charge in [0.1, 0.15) is 11.5 Å². The summed E-state index contributed by atoms with van der Waals surface area (Å²) in [5.74, 6) is 0.932. The Labute approximate surface area is 224 Å². The largest absolute Gasteiger partial charge is 0.457 e. The predicted octanol–water partition coefficient (Wildman–Crippen LogP) is 3.22. The number of hydrogen-bond acceptors (Lipinski definition) is 6. The van der Waals surface area contributed by atoms with Crippen molar-refractivity contribution in [3.8, 4) is 11.3 Å². The molecule has 1 saturated heterocycles. The first kappa shape index (κ1) is 24.9. The van der Waals surface area contributed by atoms with E-state index in [1.54, 1.807) is 19.1 Å². The Kier molecular flexibility index (Phi) is 6.42. The Morgan fingerprint density at radius 1 is 0.974 bits per heavy atom. The van der Waals surface area contributed by atoms with Crippen molar-refractivity contribution >= 4 is 23.0 Å². The molecule has 3 aromatic heterocycles. The summed E-state index contributed by atoms with van der Waals surface area (Å²) < 4.78 is 13.5. The van der Waals surface area contributed by atoms with E-state index < -0.39 is 0 Å². The first-order chi connectivity index (χ1) is 18.9. The van der Waals surface area contributed by atoms with Gasteiger partial charge in [0.05, 0.1) is 12.0 Å². The number of pyridine rings is 1. The van der Waals surface area contributed by atoms with Gasteiger partial charge in [-0.2, -0.15) is 0 Å². The molecule has 0 saturated carbocycles. The van der Waals surface area contributed by atoms with Gasteiger partial charge in [0, 0.05) is 61.9 Å². The third kappa shape index (κ3) is 4.80. The van der Waals surface area contributed by atoms with E-state index >= 15 is 0 Å². The van der Waals surface area contributed by atoms with Gasteiger partial charge >= 0.3 is 0 Å². The number of rotatable bonds is 6. The fourth-order valence-corrected chi connectivity index (χ4v) is 5.93. The van der Waals surface area contributed by atoms with Gasteiger partial charge in [-0.25, -0.2) is 0 Å². The van der Waals surface area contributed by atoms with Gasteiger partial charge in [-0.3, -0.25) is 19.2 Å². The van der Waals surface area contributed by atoms with Crippen molar-refractivity contribution in [1.29, 1.82) is 0 Å². The molecule has 1 N–H and O–H groups in total. The zero-order valence-electron chi connectivity index (χ0n) is 21.6. The van der Waals surface area contributed by atoms with Crippen LogP contribution < -0.4 is 16.3 Å². The van der Waals surface area contributed by atoms with Gasteiger partial charge in [-0.1, -0.05) is 36.4 Å². The molecule has 0 radical (unpaired) electrons. The van der Waals surface area contributed by atoms with Crippen LogP contribution in [-0.2, 0) is 22.6 Å². The lowest BCUT2D eigenvalue weighted by atomic mass is 9.83. The van der Waals surface area contributed by atoms with Crippen LogP contribution in [0.2, 0.25) is 0 Å². The lowest BCUT2D eigenvalue weighted by Gasteiger charge is -2.42. The summed E-state index contributed by atoms with van der Waals surface area (Å²) in [5, 5.41) is 2.84. The maximum atomic E-state index is 13.0. The molecular weight excluding hydrogens is 498 g/mol. The van der Waals surface area contributed by atoms with E-state index in [0.29, 0.717) is 36.7 Å². The van der Waals surface area contributed by atoms with Crippen molar-refractivity contribution in [2.24, 2.45) is 5.92 Å². The van der Waals surface area contributed by atoms with Gasteiger partial charge in [0.2, 0.25) is 22.8 Å². The second kappa shape index (κ2) is 10.1. The van der Waals surface area contributed by atoms with Gasteiger partial charge in [0.25, 0.3) is 5.56 Å². The smallest absolute Gasteiger partial charge is 0.250 e.